The lowest BCUT2D eigenvalue weighted by molar-refractivity contribution is -0.184. The Kier molecular flexibility index (Phi) is 3.66. The van der Waals surface area contributed by atoms with Crippen molar-refractivity contribution in [3.63, 3.8) is 0 Å². The molecule has 0 unspecified atom stereocenters. The van der Waals surface area contributed by atoms with Crippen molar-refractivity contribution in [2.24, 2.45) is 0 Å². The number of halogens is 1. The van der Waals surface area contributed by atoms with Crippen LogP contribution >= 0.6 is 15.9 Å². The number of rotatable bonds is 2. The second-order valence-corrected chi connectivity index (χ2v) is 3.44. The molecule has 1 fully saturated rings. The molecule has 13 heavy (non-hydrogen) atoms. The first-order valence-electron chi connectivity index (χ1n) is 3.81. The summed E-state index contributed by atoms with van der Waals surface area (Å²) in [7, 11) is 0. The second-order valence-electron chi connectivity index (χ2n) is 2.79. The van der Waals surface area contributed by atoms with Gasteiger partial charge in [-0.3, -0.25) is 4.79 Å². The van der Waals surface area contributed by atoms with Gasteiger partial charge in [0.05, 0.1) is 0 Å². The summed E-state index contributed by atoms with van der Waals surface area (Å²) in [6, 6.07) is 0. The van der Waals surface area contributed by atoms with E-state index >= 15 is 0 Å². The monoisotopic (exact) mass is 254 g/mol. The number of esters is 1. The van der Waals surface area contributed by atoms with Crippen molar-refractivity contribution in [2.45, 2.75) is 31.5 Å². The summed E-state index contributed by atoms with van der Waals surface area (Å²) >= 11 is 3.10. The second kappa shape index (κ2) is 4.36. The lowest BCUT2D eigenvalue weighted by atomic mass is 10.2. The van der Waals surface area contributed by atoms with Crippen LogP contribution in [0.1, 0.15) is 6.92 Å². The molecule has 1 heterocycles. The summed E-state index contributed by atoms with van der Waals surface area (Å²) in [5.74, 6) is -0.550. The Morgan fingerprint density at radius 3 is 2.54 bits per heavy atom. The highest BCUT2D eigenvalue weighted by molar-refractivity contribution is 9.09. The molecule has 5 nitrogen and oxygen atoms in total. The Labute approximate surface area is 83.8 Å². The normalized spacial score (nSPS) is 39.1. The van der Waals surface area contributed by atoms with Crippen LogP contribution in [0.4, 0.5) is 0 Å². The molecule has 0 spiro atoms. The number of carbonyl (C=O) groups is 1. The van der Waals surface area contributed by atoms with Crippen LogP contribution in [0.3, 0.4) is 0 Å². The topological polar surface area (TPSA) is 76.0 Å². The Hall–Kier alpha value is -0.170. The Morgan fingerprint density at radius 2 is 2.15 bits per heavy atom. The number of aliphatic hydroxyl groups excluding tert-OH is 2. The largest absolute Gasteiger partial charge is 0.433 e. The zero-order valence-corrected chi connectivity index (χ0v) is 8.60. The van der Waals surface area contributed by atoms with E-state index in [1.165, 1.54) is 6.92 Å². The fourth-order valence-corrected chi connectivity index (χ4v) is 1.64. The molecule has 0 aromatic carbocycles. The standard InChI is InChI=1S/C7H11BrO5/c1-3(9)12-7-6(11)5(10)4(2-8)13-7/h4-7,10-11H,2H2,1H3/t4-,5-,6-,7-/m1/s1. The fraction of sp³-hybridized carbons (Fsp3) is 0.857. The molecule has 2 N–H and O–H groups in total. The lowest BCUT2D eigenvalue weighted by Crippen LogP contribution is -2.34. The van der Waals surface area contributed by atoms with Gasteiger partial charge in [0.2, 0.25) is 6.29 Å². The van der Waals surface area contributed by atoms with Crippen LogP contribution < -0.4 is 0 Å². The summed E-state index contributed by atoms with van der Waals surface area (Å²) in [5.41, 5.74) is 0. The molecular weight excluding hydrogens is 244 g/mol. The van der Waals surface area contributed by atoms with E-state index in [1.807, 2.05) is 0 Å². The summed E-state index contributed by atoms with van der Waals surface area (Å²) in [6.07, 6.45) is -3.80. The quantitative estimate of drug-likeness (QED) is 0.508. The van der Waals surface area contributed by atoms with Crippen LogP contribution in [0.5, 0.6) is 0 Å². The molecule has 76 valence electrons. The van der Waals surface area contributed by atoms with Gasteiger partial charge >= 0.3 is 5.97 Å². The molecular formula is C7H11BrO5. The van der Waals surface area contributed by atoms with Crippen molar-refractivity contribution >= 4 is 21.9 Å². The van der Waals surface area contributed by atoms with E-state index in [2.05, 4.69) is 20.7 Å². The third-order valence-electron chi connectivity index (χ3n) is 1.75. The Balaban J connectivity index is 2.55. The smallest absolute Gasteiger partial charge is 0.305 e. The Bertz CT molecular complexity index is 197. The third-order valence-corrected chi connectivity index (χ3v) is 2.39. The summed E-state index contributed by atoms with van der Waals surface area (Å²) in [4.78, 5) is 10.5. The van der Waals surface area contributed by atoms with Crippen LogP contribution in [0.25, 0.3) is 0 Å². The zero-order valence-electron chi connectivity index (χ0n) is 7.01. The molecule has 1 saturated heterocycles. The number of ether oxygens (including phenoxy) is 2. The van der Waals surface area contributed by atoms with Crippen molar-refractivity contribution in [2.75, 3.05) is 5.33 Å². The van der Waals surface area contributed by atoms with Crippen molar-refractivity contribution in [3.8, 4) is 0 Å². The average Bonchev–Trinajstić information content (AvgIpc) is 2.32. The molecule has 0 bridgehead atoms. The van der Waals surface area contributed by atoms with Gasteiger partial charge in [0.15, 0.2) is 0 Å². The summed E-state index contributed by atoms with van der Waals surface area (Å²) < 4.78 is 9.69. The average molecular weight is 255 g/mol. The zero-order chi connectivity index (χ0) is 10.0. The predicted octanol–water partition coefficient (Wildman–Crippen LogP) is -0.609. The van der Waals surface area contributed by atoms with E-state index in [0.717, 1.165) is 0 Å². The van der Waals surface area contributed by atoms with Crippen LogP contribution in [0.15, 0.2) is 0 Å². The molecule has 0 saturated carbocycles. The molecule has 1 aliphatic heterocycles. The molecule has 6 heteroatoms. The number of hydrogen-bond donors (Lipinski definition) is 2. The minimum Gasteiger partial charge on any atom is -0.433 e. The van der Waals surface area contributed by atoms with E-state index in [-0.39, 0.29) is 0 Å². The molecule has 1 rings (SSSR count). The van der Waals surface area contributed by atoms with Gasteiger partial charge < -0.3 is 19.7 Å². The van der Waals surface area contributed by atoms with Gasteiger partial charge in [-0.1, -0.05) is 15.9 Å². The van der Waals surface area contributed by atoms with Gasteiger partial charge in [-0.2, -0.15) is 0 Å². The van der Waals surface area contributed by atoms with E-state index in [4.69, 9.17) is 4.74 Å². The van der Waals surface area contributed by atoms with Crippen LogP contribution in [0, 0.1) is 0 Å². The predicted molar refractivity (Wildman–Crippen MR) is 46.2 cm³/mol. The molecule has 0 amide bonds. The Morgan fingerprint density at radius 1 is 1.54 bits per heavy atom. The first-order chi connectivity index (χ1) is 6.06. The maximum absolute atomic E-state index is 10.5. The van der Waals surface area contributed by atoms with Gasteiger partial charge in [0, 0.05) is 12.3 Å². The molecule has 1 aliphatic rings. The highest BCUT2D eigenvalue weighted by atomic mass is 79.9. The molecule has 0 aromatic heterocycles. The van der Waals surface area contributed by atoms with Crippen LogP contribution in [0.2, 0.25) is 0 Å². The summed E-state index contributed by atoms with van der Waals surface area (Å²) in [6.45, 7) is 1.21. The highest BCUT2D eigenvalue weighted by Gasteiger charge is 2.43. The van der Waals surface area contributed by atoms with Gasteiger partial charge in [0.1, 0.15) is 18.3 Å². The minimum absolute atomic E-state index is 0.378. The van der Waals surface area contributed by atoms with Crippen molar-refractivity contribution in [1.29, 1.82) is 0 Å². The third kappa shape index (κ3) is 2.40. The maximum Gasteiger partial charge on any atom is 0.305 e. The first-order valence-corrected chi connectivity index (χ1v) is 4.93. The number of hydrogen-bond acceptors (Lipinski definition) is 5. The van der Waals surface area contributed by atoms with Gasteiger partial charge in [-0.15, -0.1) is 0 Å². The van der Waals surface area contributed by atoms with Gasteiger partial charge in [0.25, 0.3) is 0 Å². The number of aliphatic hydroxyl groups is 2. The molecule has 0 radical (unpaired) electrons. The fourth-order valence-electron chi connectivity index (χ4n) is 1.10. The van der Waals surface area contributed by atoms with E-state index in [9.17, 15) is 15.0 Å². The van der Waals surface area contributed by atoms with Crippen molar-refractivity contribution in [3.05, 3.63) is 0 Å². The van der Waals surface area contributed by atoms with E-state index in [0.29, 0.717) is 5.33 Å². The summed E-state index contributed by atoms with van der Waals surface area (Å²) in [5, 5.41) is 19.1. The number of carbonyl (C=O) groups excluding carboxylic acids is 1. The van der Waals surface area contributed by atoms with E-state index in [1.54, 1.807) is 0 Å². The van der Waals surface area contributed by atoms with Crippen molar-refractivity contribution < 1.29 is 24.5 Å². The van der Waals surface area contributed by atoms with Gasteiger partial charge in [-0.25, -0.2) is 0 Å². The SMILES string of the molecule is CC(=O)O[C@@H]1O[C@H](CBr)[C@@H](O)[C@H]1O. The maximum atomic E-state index is 10.5. The molecule has 0 aromatic rings. The van der Waals surface area contributed by atoms with Crippen LogP contribution in [-0.2, 0) is 14.3 Å². The van der Waals surface area contributed by atoms with Crippen LogP contribution in [-0.4, -0.2) is 46.1 Å². The molecule has 0 aliphatic carbocycles. The van der Waals surface area contributed by atoms with Crippen molar-refractivity contribution in [1.82, 2.24) is 0 Å². The molecule has 4 atom stereocenters. The first kappa shape index (κ1) is 10.9. The number of alkyl halides is 1. The minimum atomic E-state index is -1.17. The van der Waals surface area contributed by atoms with Gasteiger partial charge in [-0.05, 0) is 0 Å². The lowest BCUT2D eigenvalue weighted by Gasteiger charge is -2.13. The van der Waals surface area contributed by atoms with E-state index < -0.39 is 30.6 Å². The highest BCUT2D eigenvalue weighted by Crippen LogP contribution is 2.23.